The Balaban J connectivity index is 0.988. The minimum atomic E-state index is -4.65. The van der Waals surface area contributed by atoms with Crippen LogP contribution in [-0.2, 0) is 14.8 Å². The SMILES string of the molecule is C[C@@H]1CN(c2cc(N3CCN(CC4=C(c5ccc(Cl)cc5)CC(C)(C)CC4)CC3)ccc2C(=O)NS(=O)(=O)c2ccc(NCC3(F)CCOCC3)c([N+](=O)[O-])c2)c2cc3cc[nH]c3nc2O1. The van der Waals surface area contributed by atoms with Gasteiger partial charge < -0.3 is 29.6 Å². The number of nitro groups is 1. The third kappa shape index (κ3) is 9.71. The molecule has 15 nitrogen and oxygen atoms in total. The van der Waals surface area contributed by atoms with Crippen LogP contribution in [-0.4, -0.2) is 105 Å². The number of pyridine rings is 1. The summed E-state index contributed by atoms with van der Waals surface area (Å²) in [5.41, 5.74) is 4.65. The van der Waals surface area contributed by atoms with Crippen molar-refractivity contribution in [2.75, 3.05) is 74.1 Å². The molecule has 0 bridgehead atoms. The van der Waals surface area contributed by atoms with Gasteiger partial charge in [0.2, 0.25) is 5.88 Å². The fourth-order valence-corrected chi connectivity index (χ4v) is 10.6. The number of amides is 1. The Morgan fingerprint density at radius 3 is 2.50 bits per heavy atom. The molecule has 1 atom stereocenters. The van der Waals surface area contributed by atoms with Crippen molar-refractivity contribution < 1.29 is 32.0 Å². The minimum absolute atomic E-state index is 0.0458. The van der Waals surface area contributed by atoms with Crippen molar-refractivity contribution in [2.24, 2.45) is 5.41 Å². The van der Waals surface area contributed by atoms with Crippen LogP contribution >= 0.6 is 11.6 Å². The highest BCUT2D eigenvalue weighted by Crippen LogP contribution is 2.44. The first-order valence-electron chi connectivity index (χ1n) is 22.4. The Hall–Kier alpha value is -5.75. The van der Waals surface area contributed by atoms with Gasteiger partial charge in [0, 0.05) is 93.7 Å². The van der Waals surface area contributed by atoms with Gasteiger partial charge in [-0.15, -0.1) is 0 Å². The molecule has 0 radical (unpaired) electrons. The summed E-state index contributed by atoms with van der Waals surface area (Å²) in [5.74, 6) is -0.571. The van der Waals surface area contributed by atoms with E-state index in [0.717, 1.165) is 80.2 Å². The van der Waals surface area contributed by atoms with E-state index in [1.54, 1.807) is 12.3 Å². The summed E-state index contributed by atoms with van der Waals surface area (Å²) in [6.45, 7) is 11.1. The zero-order valence-corrected chi connectivity index (χ0v) is 38.8. The van der Waals surface area contributed by atoms with Gasteiger partial charge in [-0.3, -0.25) is 19.8 Å². The van der Waals surface area contributed by atoms with Crippen molar-refractivity contribution in [1.82, 2.24) is 19.6 Å². The number of carbonyl (C=O) groups is 1. The largest absolute Gasteiger partial charge is 0.471 e. The fraction of sp³-hybridized carbons (Fsp3) is 0.417. The minimum Gasteiger partial charge on any atom is -0.471 e. The molecular weight excluding hydrogens is 887 g/mol. The smallest absolute Gasteiger partial charge is 0.293 e. The molecule has 1 amide bonds. The number of benzene rings is 3. The van der Waals surface area contributed by atoms with Gasteiger partial charge in [-0.2, -0.15) is 4.98 Å². The number of hydrogen-bond donors (Lipinski definition) is 3. The number of anilines is 4. The van der Waals surface area contributed by atoms with Gasteiger partial charge in [0.1, 0.15) is 28.8 Å². The number of hydrogen-bond acceptors (Lipinski definition) is 12. The maximum atomic E-state index is 15.3. The predicted molar refractivity (Wildman–Crippen MR) is 254 cm³/mol. The number of fused-ring (bicyclic) bond motifs is 2. The molecule has 2 saturated heterocycles. The summed E-state index contributed by atoms with van der Waals surface area (Å²) >= 11 is 6.27. The molecule has 2 aromatic heterocycles. The Labute approximate surface area is 388 Å². The number of alkyl halides is 1. The third-order valence-electron chi connectivity index (χ3n) is 13.3. The van der Waals surface area contributed by atoms with Crippen LogP contribution in [0.3, 0.4) is 0 Å². The molecule has 0 unspecified atom stereocenters. The summed E-state index contributed by atoms with van der Waals surface area (Å²) in [6.07, 6.45) is 4.84. The second-order valence-corrected chi connectivity index (χ2v) is 20.8. The highest BCUT2D eigenvalue weighted by Gasteiger charge is 2.35. The summed E-state index contributed by atoms with van der Waals surface area (Å²) in [7, 11) is -4.65. The van der Waals surface area contributed by atoms with E-state index in [1.807, 2.05) is 48.2 Å². The molecule has 1 aliphatic carbocycles. The number of nitrogens with one attached hydrogen (secondary N) is 3. The van der Waals surface area contributed by atoms with Crippen molar-refractivity contribution in [2.45, 2.75) is 69.5 Å². The van der Waals surface area contributed by atoms with Crippen molar-refractivity contribution in [1.29, 1.82) is 0 Å². The molecule has 3 N–H and O–H groups in total. The first-order valence-corrected chi connectivity index (χ1v) is 24.3. The van der Waals surface area contributed by atoms with Gasteiger partial charge in [0.05, 0.1) is 27.6 Å². The lowest BCUT2D eigenvalue weighted by Crippen LogP contribution is -2.47. The number of halogens is 2. The average molecular weight is 942 g/mol. The van der Waals surface area contributed by atoms with E-state index < -0.39 is 37.1 Å². The number of aromatic nitrogens is 2. The van der Waals surface area contributed by atoms with Crippen molar-refractivity contribution >= 4 is 72.6 Å². The van der Waals surface area contributed by atoms with Crippen LogP contribution in [0.15, 0.2) is 89.5 Å². The van der Waals surface area contributed by atoms with E-state index in [0.29, 0.717) is 29.4 Å². The zero-order chi connectivity index (χ0) is 46.4. The highest BCUT2D eigenvalue weighted by molar-refractivity contribution is 7.90. The van der Waals surface area contributed by atoms with Gasteiger partial charge in [-0.1, -0.05) is 43.2 Å². The summed E-state index contributed by atoms with van der Waals surface area (Å²) in [5, 5.41) is 16.5. The van der Waals surface area contributed by atoms with Crippen LogP contribution in [0.5, 0.6) is 5.88 Å². The van der Waals surface area contributed by atoms with Gasteiger partial charge in [-0.25, -0.2) is 17.5 Å². The fourth-order valence-electron chi connectivity index (χ4n) is 9.46. The number of nitro benzene ring substituents is 1. The lowest BCUT2D eigenvalue weighted by atomic mass is 9.72. The van der Waals surface area contributed by atoms with Gasteiger partial charge >= 0.3 is 0 Å². The monoisotopic (exact) mass is 940 g/mol. The molecule has 0 spiro atoms. The number of H-pyrrole nitrogens is 1. The molecule has 3 aromatic carbocycles. The maximum absolute atomic E-state index is 15.3. The van der Waals surface area contributed by atoms with Gasteiger partial charge in [-0.05, 0) is 97.3 Å². The Bertz CT molecular complexity index is 2800. The number of allylic oxidation sites excluding steroid dienone is 1. The van der Waals surface area contributed by atoms with Crippen LogP contribution in [0.25, 0.3) is 16.6 Å². The van der Waals surface area contributed by atoms with Gasteiger partial charge in [0.15, 0.2) is 0 Å². The normalized spacial score (nSPS) is 19.9. The summed E-state index contributed by atoms with van der Waals surface area (Å²) < 4.78 is 56.8. The Morgan fingerprint density at radius 1 is 1.00 bits per heavy atom. The average Bonchev–Trinajstić information content (AvgIpc) is 3.75. The Kier molecular flexibility index (Phi) is 12.5. The number of carbonyl (C=O) groups excluding carboxylic acids is 1. The zero-order valence-electron chi connectivity index (χ0n) is 37.2. The summed E-state index contributed by atoms with van der Waals surface area (Å²) in [6, 6.07) is 20.6. The van der Waals surface area contributed by atoms with E-state index in [1.165, 1.54) is 22.8 Å². The molecule has 9 rings (SSSR count). The van der Waals surface area contributed by atoms with Crippen LogP contribution in [0.1, 0.15) is 68.8 Å². The number of piperazine rings is 1. The lowest BCUT2D eigenvalue weighted by Gasteiger charge is -2.40. The highest BCUT2D eigenvalue weighted by atomic mass is 35.5. The number of sulfonamides is 1. The molecule has 4 aliphatic rings. The van der Waals surface area contributed by atoms with Crippen LogP contribution in [0.4, 0.5) is 32.8 Å². The maximum Gasteiger partial charge on any atom is 0.293 e. The molecule has 348 valence electrons. The molecule has 66 heavy (non-hydrogen) atoms. The number of ether oxygens (including phenoxy) is 2. The van der Waals surface area contributed by atoms with Crippen molar-refractivity contribution in [3.8, 4) is 5.88 Å². The first kappa shape index (κ1) is 45.4. The van der Waals surface area contributed by atoms with E-state index >= 15 is 4.39 Å². The third-order valence-corrected chi connectivity index (χ3v) is 14.8. The van der Waals surface area contributed by atoms with E-state index in [4.69, 9.17) is 26.1 Å². The predicted octanol–water partition coefficient (Wildman–Crippen LogP) is 8.88. The number of nitrogens with zero attached hydrogens (tertiary/aromatic N) is 5. The Morgan fingerprint density at radius 2 is 1.76 bits per heavy atom. The van der Waals surface area contributed by atoms with Crippen molar-refractivity contribution in [3.63, 3.8) is 0 Å². The number of aromatic amines is 1. The van der Waals surface area contributed by atoms with Crippen LogP contribution < -0.4 is 24.6 Å². The van der Waals surface area contributed by atoms with E-state index in [9.17, 15) is 23.3 Å². The molecule has 3 aliphatic heterocycles. The molecule has 2 fully saturated rings. The molecular formula is C48H54ClFN8O7S. The standard InChI is InChI=1S/C48H54ClFN8O7S/c1-31-28-57(43-24-33-13-17-51-44(33)53-46(43)65-31)41-25-36(56-20-18-55(19-21-56)29-34-12-14-47(2,3)27-39(34)32-4-6-35(49)7-5-32)8-10-38(41)45(59)54-66(62,63)37-9-11-40(42(26-37)58(60)61)52-30-48(50)15-22-64-23-16-48/h4-11,13,17,24-26,31,52H,12,14-16,18-23,27-30H2,1-3H3,(H,51,53)(H,54,59)/t31-/m1/s1. The van der Waals surface area contributed by atoms with Crippen LogP contribution in [0, 0.1) is 15.5 Å². The van der Waals surface area contributed by atoms with E-state index in [2.05, 4.69) is 50.8 Å². The molecule has 0 saturated carbocycles. The molecule has 5 heterocycles. The van der Waals surface area contributed by atoms with Crippen molar-refractivity contribution in [3.05, 3.63) is 111 Å². The van der Waals surface area contributed by atoms with Gasteiger partial charge in [0.25, 0.3) is 21.6 Å². The second-order valence-electron chi connectivity index (χ2n) is 18.6. The quantitative estimate of drug-likeness (QED) is 0.0802. The molecule has 5 aromatic rings. The lowest BCUT2D eigenvalue weighted by molar-refractivity contribution is -0.384. The summed E-state index contributed by atoms with van der Waals surface area (Å²) in [4.78, 5) is 39.9. The number of rotatable bonds is 12. The van der Waals surface area contributed by atoms with Crippen LogP contribution in [0.2, 0.25) is 5.02 Å². The first-order chi connectivity index (χ1) is 31.5. The van der Waals surface area contributed by atoms with E-state index in [-0.39, 0.29) is 55.4 Å². The molecule has 18 heteroatoms. The topological polar surface area (TPSA) is 175 Å². The second kappa shape index (κ2) is 18.1.